The Kier molecular flexibility index (Phi) is 42.0. The molecule has 0 saturated carbocycles. The van der Waals surface area contributed by atoms with Crippen molar-refractivity contribution in [2.75, 3.05) is 26.2 Å². The molecule has 0 bridgehead atoms. The van der Waals surface area contributed by atoms with Gasteiger partial charge in [0.15, 0.2) is 0 Å². The molecular weight excluding hydrogens is 1700 g/mol. The predicted molar refractivity (Wildman–Crippen MR) is 414 cm³/mol. The molecule has 16 aromatic rings. The maximum Gasteiger partial charge on any atom is 2.00 e. The molecule has 16 rings (SSSR count). The van der Waals surface area contributed by atoms with Crippen LogP contribution in [-0.4, -0.2) is 106 Å². The van der Waals surface area contributed by atoms with Crippen molar-refractivity contribution < 1.29 is 79.8 Å². The first-order chi connectivity index (χ1) is 51.5. The van der Waals surface area contributed by atoms with Gasteiger partial charge in [-0.1, -0.05) is 48.5 Å². The summed E-state index contributed by atoms with van der Waals surface area (Å²) >= 11 is 0. The fraction of sp³-hybridized carbons (Fsp3) is 0.0476. The van der Waals surface area contributed by atoms with Crippen LogP contribution in [0.3, 0.4) is 0 Å². The summed E-state index contributed by atoms with van der Waals surface area (Å²) in [5.41, 5.74) is 39.1. The first-order valence-electron chi connectivity index (χ1n) is 33.1. The molecule has 0 aliphatic heterocycles. The third kappa shape index (κ3) is 30.0. The van der Waals surface area contributed by atoms with Crippen molar-refractivity contribution in [3.8, 4) is 113 Å². The maximum atomic E-state index is 4.90. The SMILES string of the molecule is NCCN.NCCN.[Pd+2].[Pd+2].[Ru+2].[Ru+2].c1cc(-c2ccnc(-c3cc(-c4ccncc4)ccn3)c2)ccn1.c1cc(-c2ccnc(-c3cc(-c4ccncc4)ccn3)c2)ccn1.c1ccc(-c2ccccn2)nc1.c1ccc(-c2ccccn2)nc1.c1ccc(-c2ccccn2)nc1.c1ccc(-c2ccccn2)nc1. The number of hydrogen-bond donors (Lipinski definition) is 4. The average Bonchev–Trinajstić information content (AvgIpc) is 0.823. The van der Waals surface area contributed by atoms with Crippen molar-refractivity contribution in [1.82, 2.24) is 79.7 Å². The first kappa shape index (κ1) is 87.4. The van der Waals surface area contributed by atoms with Crippen molar-refractivity contribution in [2.24, 2.45) is 22.9 Å². The molecule has 0 aliphatic rings. The fourth-order valence-corrected chi connectivity index (χ4v) is 9.29. The molecule has 24 heteroatoms. The van der Waals surface area contributed by atoms with Crippen LogP contribution in [0.1, 0.15) is 0 Å². The summed E-state index contributed by atoms with van der Waals surface area (Å²) < 4.78 is 0. The molecule has 0 fully saturated rings. The van der Waals surface area contributed by atoms with Gasteiger partial charge in [0.2, 0.25) is 0 Å². The van der Waals surface area contributed by atoms with Crippen LogP contribution < -0.4 is 22.9 Å². The molecule has 0 amide bonds. The average molecular weight is 1780 g/mol. The Morgan fingerprint density at radius 1 is 0.157 bits per heavy atom. The smallest absolute Gasteiger partial charge is 0.329 e. The minimum Gasteiger partial charge on any atom is -0.329 e. The molecule has 0 radical (unpaired) electrons. The Labute approximate surface area is 682 Å². The molecular formula is C84H76N20Pd2Ru2+8. The second-order valence-corrected chi connectivity index (χ2v) is 21.5. The maximum absolute atomic E-state index is 4.90. The number of nitrogens with two attached hydrogens (primary N) is 4. The van der Waals surface area contributed by atoms with Gasteiger partial charge in [0.05, 0.1) is 68.3 Å². The molecule has 108 heavy (non-hydrogen) atoms. The van der Waals surface area contributed by atoms with Gasteiger partial charge in [-0.15, -0.1) is 0 Å². The molecule has 16 heterocycles. The molecule has 0 spiro atoms. The summed E-state index contributed by atoms with van der Waals surface area (Å²) in [6, 6.07) is 78.4. The van der Waals surface area contributed by atoms with E-state index in [-0.39, 0.29) is 79.8 Å². The molecule has 0 saturated heterocycles. The minimum atomic E-state index is 0. The van der Waals surface area contributed by atoms with Crippen LogP contribution >= 0.6 is 0 Å². The van der Waals surface area contributed by atoms with Crippen molar-refractivity contribution >= 4 is 0 Å². The van der Waals surface area contributed by atoms with Gasteiger partial charge in [-0.05, 0) is 239 Å². The van der Waals surface area contributed by atoms with Crippen LogP contribution in [0.5, 0.6) is 0 Å². The van der Waals surface area contributed by atoms with Gasteiger partial charge in [-0.25, -0.2) is 0 Å². The second kappa shape index (κ2) is 51.9. The van der Waals surface area contributed by atoms with E-state index in [9.17, 15) is 0 Å². The Morgan fingerprint density at radius 2 is 0.296 bits per heavy atom. The molecule has 0 aromatic carbocycles. The van der Waals surface area contributed by atoms with Crippen LogP contribution in [0, 0.1) is 0 Å². The molecule has 8 N–H and O–H groups in total. The number of aromatic nitrogens is 16. The van der Waals surface area contributed by atoms with Crippen molar-refractivity contribution in [2.45, 2.75) is 0 Å². The number of rotatable bonds is 12. The van der Waals surface area contributed by atoms with E-state index in [1.165, 1.54) is 0 Å². The van der Waals surface area contributed by atoms with Crippen LogP contribution in [0.4, 0.5) is 0 Å². The summed E-state index contributed by atoms with van der Waals surface area (Å²) in [5, 5.41) is 0. The molecule has 16 aromatic heterocycles. The third-order valence-electron chi connectivity index (χ3n) is 14.3. The van der Waals surface area contributed by atoms with E-state index in [2.05, 4.69) is 79.7 Å². The van der Waals surface area contributed by atoms with Crippen LogP contribution in [-0.2, 0) is 79.8 Å². The van der Waals surface area contributed by atoms with E-state index < -0.39 is 0 Å². The number of pyridine rings is 16. The van der Waals surface area contributed by atoms with Gasteiger partial charge in [0.1, 0.15) is 0 Å². The van der Waals surface area contributed by atoms with Crippen LogP contribution in [0.15, 0.2) is 367 Å². The Morgan fingerprint density at radius 3 is 0.426 bits per heavy atom. The molecule has 0 unspecified atom stereocenters. The fourth-order valence-electron chi connectivity index (χ4n) is 9.29. The number of nitrogens with zero attached hydrogens (tertiary/aromatic N) is 16. The van der Waals surface area contributed by atoms with E-state index >= 15 is 0 Å². The van der Waals surface area contributed by atoms with Gasteiger partial charge in [-0.3, -0.25) is 79.7 Å². The molecule has 20 nitrogen and oxygen atoms in total. The van der Waals surface area contributed by atoms with Gasteiger partial charge in [0.25, 0.3) is 0 Å². The van der Waals surface area contributed by atoms with Crippen molar-refractivity contribution in [3.63, 3.8) is 0 Å². The topological polar surface area (TPSA) is 310 Å². The van der Waals surface area contributed by atoms with Gasteiger partial charge in [0, 0.05) is 150 Å². The Hall–Kier alpha value is -11.2. The summed E-state index contributed by atoms with van der Waals surface area (Å²) in [7, 11) is 0. The van der Waals surface area contributed by atoms with Gasteiger partial charge in [-0.2, -0.15) is 0 Å². The summed E-state index contributed by atoms with van der Waals surface area (Å²) in [6.07, 6.45) is 35.7. The zero-order valence-electron chi connectivity index (χ0n) is 58.3. The van der Waals surface area contributed by atoms with Gasteiger partial charge < -0.3 is 22.9 Å². The zero-order valence-corrected chi connectivity index (χ0v) is 64.9. The standard InChI is InChI=1S/2C20H14N4.4C10H8N2.2C2H8N2.2Pd.2Ru/c2*1-7-21-8-2-15(1)17-5-11-23-19(13-17)20-14-18(6-12-24-20)16-3-9-22-10-4-16;4*1-3-7-11-9(5-1)10-6-2-4-8-12-10;2*3-1-2-4;;;;/h2*1-14H;4*1-8H;2*1-4H2;;;;/q;;;;;;;;4*+2. The Bertz CT molecular complexity index is 4160. The zero-order chi connectivity index (χ0) is 72.1. The first-order valence-corrected chi connectivity index (χ1v) is 33.1. The summed E-state index contributed by atoms with van der Waals surface area (Å²) in [6.45, 7) is 2.39. The van der Waals surface area contributed by atoms with E-state index in [4.69, 9.17) is 22.9 Å². The van der Waals surface area contributed by atoms with Crippen molar-refractivity contribution in [1.29, 1.82) is 0 Å². The summed E-state index contributed by atoms with van der Waals surface area (Å²) in [4.78, 5) is 67.7. The van der Waals surface area contributed by atoms with Crippen LogP contribution in [0.2, 0.25) is 0 Å². The normalized spacial score (nSPS) is 9.52. The molecule has 0 aliphatic carbocycles. The molecule has 0 atom stereocenters. The summed E-state index contributed by atoms with van der Waals surface area (Å²) in [5.74, 6) is 0. The van der Waals surface area contributed by atoms with Gasteiger partial charge >= 0.3 is 79.8 Å². The predicted octanol–water partition coefficient (Wildman–Crippen LogP) is 14.9. The van der Waals surface area contributed by atoms with Crippen molar-refractivity contribution in [3.05, 3.63) is 367 Å². The second-order valence-electron chi connectivity index (χ2n) is 21.5. The quantitative estimate of drug-likeness (QED) is 0.0826. The van der Waals surface area contributed by atoms with E-state index in [1.54, 1.807) is 99.1 Å². The van der Waals surface area contributed by atoms with Crippen LogP contribution in [0.25, 0.3) is 113 Å². The number of hydrogen-bond acceptors (Lipinski definition) is 20. The largest absolute Gasteiger partial charge is 2.00 e. The molecule has 540 valence electrons. The monoisotopic (exact) mass is 1780 g/mol. The van der Waals surface area contributed by atoms with E-state index in [1.807, 2.05) is 267 Å². The van der Waals surface area contributed by atoms with E-state index in [0.29, 0.717) is 26.2 Å². The third-order valence-corrected chi connectivity index (χ3v) is 14.3. The minimum absolute atomic E-state index is 0. The Balaban J connectivity index is 0.000000232. The van der Waals surface area contributed by atoms with E-state index in [0.717, 1.165) is 113 Å².